The summed E-state index contributed by atoms with van der Waals surface area (Å²) in [4.78, 5) is 18.8. The number of nitrogens with zero attached hydrogens (tertiary/aromatic N) is 2. The summed E-state index contributed by atoms with van der Waals surface area (Å²) in [7, 11) is 0. The molecule has 1 aliphatic heterocycles. The SMILES string of the molecule is C[C@H](CC(=O)C1CC1)c1ccc(O[C@@H]2CCN(c3ccnc(OCC4CC4)c3)C2)cc1. The van der Waals surface area contributed by atoms with Crippen LogP contribution in [0.15, 0.2) is 42.6 Å². The molecule has 0 radical (unpaired) electrons. The smallest absolute Gasteiger partial charge is 0.215 e. The minimum absolute atomic E-state index is 0.170. The molecule has 1 aromatic heterocycles. The number of hydrogen-bond donors (Lipinski definition) is 0. The summed E-state index contributed by atoms with van der Waals surface area (Å²) in [5.41, 5.74) is 2.36. The van der Waals surface area contributed by atoms with Crippen molar-refractivity contribution in [2.75, 3.05) is 24.6 Å². The molecule has 2 saturated carbocycles. The van der Waals surface area contributed by atoms with E-state index in [-0.39, 0.29) is 12.0 Å². The van der Waals surface area contributed by atoms with Gasteiger partial charge in [0.05, 0.1) is 13.2 Å². The fourth-order valence-corrected chi connectivity index (χ4v) is 4.28. The Kier molecular flexibility index (Phi) is 5.84. The van der Waals surface area contributed by atoms with Crippen molar-refractivity contribution in [1.29, 1.82) is 0 Å². The molecule has 2 atom stereocenters. The minimum atomic E-state index is 0.170. The van der Waals surface area contributed by atoms with Crippen LogP contribution in [-0.2, 0) is 4.79 Å². The monoisotopic (exact) mass is 420 g/mol. The van der Waals surface area contributed by atoms with Gasteiger partial charge in [-0.25, -0.2) is 4.98 Å². The normalized spacial score (nSPS) is 21.7. The quantitative estimate of drug-likeness (QED) is 0.541. The van der Waals surface area contributed by atoms with Gasteiger partial charge in [-0.2, -0.15) is 0 Å². The van der Waals surface area contributed by atoms with Gasteiger partial charge in [0.1, 0.15) is 17.6 Å². The van der Waals surface area contributed by atoms with Gasteiger partial charge >= 0.3 is 0 Å². The Hall–Kier alpha value is -2.56. The molecule has 0 bridgehead atoms. The molecule has 3 fully saturated rings. The molecule has 0 N–H and O–H groups in total. The molecule has 2 aliphatic carbocycles. The van der Waals surface area contributed by atoms with Crippen LogP contribution in [0.1, 0.15) is 56.9 Å². The van der Waals surface area contributed by atoms with Crippen LogP contribution in [0.25, 0.3) is 0 Å². The molecule has 5 heteroatoms. The molecule has 0 spiro atoms. The first kappa shape index (κ1) is 20.3. The maximum absolute atomic E-state index is 12.1. The van der Waals surface area contributed by atoms with E-state index in [1.54, 1.807) is 0 Å². The summed E-state index contributed by atoms with van der Waals surface area (Å²) >= 11 is 0. The number of aromatic nitrogens is 1. The largest absolute Gasteiger partial charge is 0.489 e. The van der Waals surface area contributed by atoms with Gasteiger partial charge in [-0.05, 0) is 61.3 Å². The standard InChI is InChI=1S/C26H32N2O3/c1-18(14-25(29)21-4-5-21)20-6-8-23(9-7-20)31-24-11-13-28(16-24)22-10-12-27-26(15-22)30-17-19-2-3-19/h6-10,12,15,18-19,21,24H,2-5,11,13-14,16-17H2,1H3/t18-,24-/m1/s1. The minimum Gasteiger partial charge on any atom is -0.489 e. The molecule has 164 valence electrons. The molecule has 1 aromatic carbocycles. The molecule has 0 unspecified atom stereocenters. The number of anilines is 1. The van der Waals surface area contributed by atoms with Crippen molar-refractivity contribution in [3.63, 3.8) is 0 Å². The second-order valence-corrected chi connectivity index (χ2v) is 9.50. The van der Waals surface area contributed by atoms with E-state index in [0.717, 1.165) is 62.2 Å². The third-order valence-corrected chi connectivity index (χ3v) is 6.68. The molecular formula is C26H32N2O3. The first-order valence-electron chi connectivity index (χ1n) is 11.8. The van der Waals surface area contributed by atoms with Crippen molar-refractivity contribution in [2.24, 2.45) is 11.8 Å². The van der Waals surface area contributed by atoms with E-state index in [2.05, 4.69) is 28.9 Å². The molecule has 1 saturated heterocycles. The predicted octanol–water partition coefficient (Wildman–Crippen LogP) is 5.00. The lowest BCUT2D eigenvalue weighted by Crippen LogP contribution is -2.24. The molecule has 31 heavy (non-hydrogen) atoms. The average Bonchev–Trinajstić information content (AvgIpc) is 3.71. The Bertz CT molecular complexity index is 905. The number of ketones is 1. The number of pyridine rings is 1. The lowest BCUT2D eigenvalue weighted by atomic mass is 9.94. The molecule has 2 aromatic rings. The summed E-state index contributed by atoms with van der Waals surface area (Å²) < 4.78 is 12.1. The zero-order valence-corrected chi connectivity index (χ0v) is 18.3. The fraction of sp³-hybridized carbons (Fsp3) is 0.538. The summed E-state index contributed by atoms with van der Waals surface area (Å²) in [5, 5.41) is 0. The van der Waals surface area contributed by atoms with Crippen molar-refractivity contribution >= 4 is 11.5 Å². The maximum atomic E-state index is 12.1. The first-order chi connectivity index (χ1) is 15.1. The van der Waals surface area contributed by atoms with Crippen LogP contribution < -0.4 is 14.4 Å². The molecule has 2 heterocycles. The average molecular weight is 421 g/mol. The van der Waals surface area contributed by atoms with Gasteiger partial charge in [-0.3, -0.25) is 4.79 Å². The molecule has 5 nitrogen and oxygen atoms in total. The number of Topliss-reactive ketones (excluding diaryl/α,β-unsaturated/α-hetero) is 1. The fourth-order valence-electron chi connectivity index (χ4n) is 4.28. The highest BCUT2D eigenvalue weighted by Gasteiger charge is 2.30. The Balaban J connectivity index is 1.13. The summed E-state index contributed by atoms with van der Waals surface area (Å²) in [6.07, 6.45) is 8.39. The summed E-state index contributed by atoms with van der Waals surface area (Å²) in [6, 6.07) is 12.4. The van der Waals surface area contributed by atoms with Gasteiger partial charge in [0.15, 0.2) is 0 Å². The highest BCUT2D eigenvalue weighted by Crippen LogP contribution is 2.34. The van der Waals surface area contributed by atoms with Crippen molar-refractivity contribution in [2.45, 2.75) is 57.5 Å². The first-order valence-corrected chi connectivity index (χ1v) is 11.8. The number of benzene rings is 1. The topological polar surface area (TPSA) is 51.7 Å². The number of carbonyl (C=O) groups is 1. The zero-order valence-electron chi connectivity index (χ0n) is 18.3. The third kappa shape index (κ3) is 5.38. The van der Waals surface area contributed by atoms with Gasteiger partial charge in [-0.1, -0.05) is 19.1 Å². The van der Waals surface area contributed by atoms with E-state index in [0.29, 0.717) is 18.1 Å². The lowest BCUT2D eigenvalue weighted by Gasteiger charge is -2.20. The van der Waals surface area contributed by atoms with E-state index in [1.165, 1.54) is 18.4 Å². The van der Waals surface area contributed by atoms with E-state index in [4.69, 9.17) is 9.47 Å². The van der Waals surface area contributed by atoms with Crippen LogP contribution in [0.2, 0.25) is 0 Å². The Morgan fingerprint density at radius 1 is 1.13 bits per heavy atom. The Morgan fingerprint density at radius 2 is 1.94 bits per heavy atom. The molecule has 5 rings (SSSR count). The molecular weight excluding hydrogens is 388 g/mol. The third-order valence-electron chi connectivity index (χ3n) is 6.68. The second-order valence-electron chi connectivity index (χ2n) is 9.50. The van der Waals surface area contributed by atoms with Gasteiger partial charge in [-0.15, -0.1) is 0 Å². The number of rotatable bonds is 10. The number of hydrogen-bond acceptors (Lipinski definition) is 5. The van der Waals surface area contributed by atoms with E-state index >= 15 is 0 Å². The van der Waals surface area contributed by atoms with Crippen LogP contribution in [-0.4, -0.2) is 36.6 Å². The van der Waals surface area contributed by atoms with Crippen molar-refractivity contribution in [1.82, 2.24) is 4.98 Å². The van der Waals surface area contributed by atoms with Crippen molar-refractivity contribution in [3.05, 3.63) is 48.2 Å². The maximum Gasteiger partial charge on any atom is 0.215 e. The molecule has 0 amide bonds. The Labute approximate surface area is 184 Å². The van der Waals surface area contributed by atoms with Crippen molar-refractivity contribution in [3.8, 4) is 11.6 Å². The van der Waals surface area contributed by atoms with Gasteiger partial charge < -0.3 is 14.4 Å². The van der Waals surface area contributed by atoms with Crippen LogP contribution in [0, 0.1) is 11.8 Å². The number of ether oxygens (including phenoxy) is 2. The Morgan fingerprint density at radius 3 is 2.68 bits per heavy atom. The van der Waals surface area contributed by atoms with Gasteiger partial charge in [0.2, 0.25) is 5.88 Å². The van der Waals surface area contributed by atoms with Crippen LogP contribution >= 0.6 is 0 Å². The van der Waals surface area contributed by atoms with Gasteiger partial charge in [0, 0.05) is 43.3 Å². The van der Waals surface area contributed by atoms with Crippen LogP contribution in [0.5, 0.6) is 11.6 Å². The number of carbonyl (C=O) groups excluding carboxylic acids is 1. The summed E-state index contributed by atoms with van der Waals surface area (Å²) in [6.45, 7) is 4.75. The lowest BCUT2D eigenvalue weighted by molar-refractivity contribution is -0.120. The highest BCUT2D eigenvalue weighted by atomic mass is 16.5. The van der Waals surface area contributed by atoms with Crippen LogP contribution in [0.4, 0.5) is 5.69 Å². The van der Waals surface area contributed by atoms with Crippen LogP contribution in [0.3, 0.4) is 0 Å². The van der Waals surface area contributed by atoms with E-state index < -0.39 is 0 Å². The summed E-state index contributed by atoms with van der Waals surface area (Å²) in [5.74, 6) is 3.39. The highest BCUT2D eigenvalue weighted by molar-refractivity contribution is 5.83. The predicted molar refractivity (Wildman–Crippen MR) is 121 cm³/mol. The van der Waals surface area contributed by atoms with Crippen molar-refractivity contribution < 1.29 is 14.3 Å². The second kappa shape index (κ2) is 8.89. The zero-order chi connectivity index (χ0) is 21.2. The van der Waals surface area contributed by atoms with E-state index in [1.807, 2.05) is 30.5 Å². The van der Waals surface area contributed by atoms with E-state index in [9.17, 15) is 4.79 Å². The molecule has 3 aliphatic rings. The van der Waals surface area contributed by atoms with Gasteiger partial charge in [0.25, 0.3) is 0 Å².